The molecule has 92 valence electrons. The minimum absolute atomic E-state index is 0.164. The first-order valence-electron chi connectivity index (χ1n) is 5.32. The molecule has 0 bridgehead atoms. The van der Waals surface area contributed by atoms with Crippen LogP contribution in [0.2, 0.25) is 0 Å². The monoisotopic (exact) mass is 238 g/mol. The van der Waals surface area contributed by atoms with Crippen molar-refractivity contribution in [2.75, 3.05) is 6.61 Å². The van der Waals surface area contributed by atoms with Crippen molar-refractivity contribution in [2.45, 2.75) is 19.8 Å². The molecular weight excluding hydrogens is 224 g/mol. The van der Waals surface area contributed by atoms with Crippen LogP contribution in [0.5, 0.6) is 0 Å². The molecule has 0 amide bonds. The third kappa shape index (κ3) is 3.88. The van der Waals surface area contributed by atoms with Crippen molar-refractivity contribution < 1.29 is 24.5 Å². The standard InChI is InChI=1S/C12H14O5/c1-2-3-8-16-11(13)9-4-6-10(7-5-9)12(14)17-15/h4-7,15H,2-3,8H2,1H3. The number of hydrogen-bond donors (Lipinski definition) is 1. The zero-order valence-electron chi connectivity index (χ0n) is 9.51. The van der Waals surface area contributed by atoms with Crippen LogP contribution in [-0.4, -0.2) is 23.8 Å². The van der Waals surface area contributed by atoms with Crippen LogP contribution in [0.4, 0.5) is 0 Å². The average molecular weight is 238 g/mol. The number of hydrogen-bond acceptors (Lipinski definition) is 5. The van der Waals surface area contributed by atoms with Gasteiger partial charge in [0, 0.05) is 0 Å². The van der Waals surface area contributed by atoms with E-state index in [-0.39, 0.29) is 5.56 Å². The molecule has 0 spiro atoms. The lowest BCUT2D eigenvalue weighted by Gasteiger charge is -2.04. The fraction of sp³-hybridized carbons (Fsp3) is 0.333. The van der Waals surface area contributed by atoms with Gasteiger partial charge in [-0.3, -0.25) is 4.89 Å². The number of carbonyl (C=O) groups excluding carboxylic acids is 2. The van der Waals surface area contributed by atoms with Crippen LogP contribution < -0.4 is 0 Å². The molecule has 0 saturated heterocycles. The summed E-state index contributed by atoms with van der Waals surface area (Å²) >= 11 is 0. The second-order valence-electron chi connectivity index (χ2n) is 3.45. The van der Waals surface area contributed by atoms with Gasteiger partial charge in [0.2, 0.25) is 0 Å². The van der Waals surface area contributed by atoms with Gasteiger partial charge in [-0.15, -0.1) is 0 Å². The number of carbonyl (C=O) groups is 2. The van der Waals surface area contributed by atoms with E-state index in [1.165, 1.54) is 24.3 Å². The highest BCUT2D eigenvalue weighted by molar-refractivity contribution is 5.93. The molecule has 0 atom stereocenters. The molecule has 1 aromatic carbocycles. The Morgan fingerprint density at radius 2 is 1.65 bits per heavy atom. The van der Waals surface area contributed by atoms with Gasteiger partial charge in [-0.2, -0.15) is 5.26 Å². The van der Waals surface area contributed by atoms with Gasteiger partial charge in [-0.1, -0.05) is 13.3 Å². The first-order chi connectivity index (χ1) is 8.19. The van der Waals surface area contributed by atoms with Gasteiger partial charge < -0.3 is 4.74 Å². The Labute approximate surface area is 98.9 Å². The molecule has 0 aliphatic heterocycles. The van der Waals surface area contributed by atoms with Crippen LogP contribution in [-0.2, 0) is 9.62 Å². The Kier molecular flexibility index (Phi) is 5.16. The smallest absolute Gasteiger partial charge is 0.372 e. The topological polar surface area (TPSA) is 72.8 Å². The lowest BCUT2D eigenvalue weighted by atomic mass is 10.1. The second-order valence-corrected chi connectivity index (χ2v) is 3.45. The maximum absolute atomic E-state index is 11.5. The maximum Gasteiger partial charge on any atom is 0.372 e. The maximum atomic E-state index is 11.5. The largest absolute Gasteiger partial charge is 0.462 e. The van der Waals surface area contributed by atoms with Gasteiger partial charge in [0.1, 0.15) is 0 Å². The van der Waals surface area contributed by atoms with Gasteiger partial charge in [0.05, 0.1) is 17.7 Å². The summed E-state index contributed by atoms with van der Waals surface area (Å²) in [7, 11) is 0. The molecule has 0 saturated carbocycles. The summed E-state index contributed by atoms with van der Waals surface area (Å²) in [5.74, 6) is -1.29. The first kappa shape index (κ1) is 13.2. The van der Waals surface area contributed by atoms with Crippen molar-refractivity contribution >= 4 is 11.9 Å². The van der Waals surface area contributed by atoms with Crippen molar-refractivity contribution in [1.82, 2.24) is 0 Å². The Morgan fingerprint density at radius 1 is 1.12 bits per heavy atom. The summed E-state index contributed by atoms with van der Waals surface area (Å²) in [5, 5.41) is 8.17. The van der Waals surface area contributed by atoms with E-state index in [4.69, 9.17) is 9.99 Å². The fourth-order valence-electron chi connectivity index (χ4n) is 1.19. The number of ether oxygens (including phenoxy) is 1. The predicted octanol–water partition coefficient (Wildman–Crippen LogP) is 2.27. The van der Waals surface area contributed by atoms with Gasteiger partial charge in [-0.25, -0.2) is 9.59 Å². The molecular formula is C12H14O5. The van der Waals surface area contributed by atoms with E-state index in [2.05, 4.69) is 4.89 Å². The summed E-state index contributed by atoms with van der Waals surface area (Å²) in [6.45, 7) is 2.39. The number of benzene rings is 1. The van der Waals surface area contributed by atoms with Crippen molar-refractivity contribution in [3.63, 3.8) is 0 Å². The minimum atomic E-state index is -0.865. The molecule has 0 heterocycles. The van der Waals surface area contributed by atoms with Crippen LogP contribution >= 0.6 is 0 Å². The van der Waals surface area contributed by atoms with Gasteiger partial charge in [0.25, 0.3) is 0 Å². The summed E-state index contributed by atoms with van der Waals surface area (Å²) in [6.07, 6.45) is 1.77. The van der Waals surface area contributed by atoms with Crippen molar-refractivity contribution in [2.24, 2.45) is 0 Å². The highest BCUT2D eigenvalue weighted by atomic mass is 17.1. The predicted molar refractivity (Wildman–Crippen MR) is 59.7 cm³/mol. The summed E-state index contributed by atoms with van der Waals surface area (Å²) in [6, 6.07) is 5.66. The van der Waals surface area contributed by atoms with Crippen LogP contribution in [0.1, 0.15) is 40.5 Å². The molecule has 1 N–H and O–H groups in total. The lowest BCUT2D eigenvalue weighted by molar-refractivity contribution is -0.182. The number of rotatable bonds is 5. The number of esters is 1. The quantitative estimate of drug-likeness (QED) is 0.368. The summed E-state index contributed by atoms with van der Waals surface area (Å²) < 4.78 is 4.99. The highest BCUT2D eigenvalue weighted by Gasteiger charge is 2.10. The van der Waals surface area contributed by atoms with Gasteiger partial charge >= 0.3 is 11.9 Å². The molecule has 1 aromatic rings. The fourth-order valence-corrected chi connectivity index (χ4v) is 1.19. The second kappa shape index (κ2) is 6.65. The molecule has 17 heavy (non-hydrogen) atoms. The average Bonchev–Trinajstić information content (AvgIpc) is 2.38. The van der Waals surface area contributed by atoms with E-state index in [9.17, 15) is 9.59 Å². The van der Waals surface area contributed by atoms with E-state index in [0.717, 1.165) is 12.8 Å². The normalized spacial score (nSPS) is 9.76. The SMILES string of the molecule is CCCCOC(=O)c1ccc(C(=O)OO)cc1. The van der Waals surface area contributed by atoms with Gasteiger partial charge in [0.15, 0.2) is 0 Å². The van der Waals surface area contributed by atoms with E-state index < -0.39 is 11.9 Å². The molecule has 0 aliphatic carbocycles. The summed E-state index contributed by atoms with van der Waals surface area (Å²) in [4.78, 5) is 26.0. The molecule has 0 aromatic heterocycles. The van der Waals surface area contributed by atoms with Crippen molar-refractivity contribution in [1.29, 1.82) is 0 Å². The third-order valence-electron chi connectivity index (χ3n) is 2.17. The molecule has 1 rings (SSSR count). The molecule has 5 nitrogen and oxygen atoms in total. The minimum Gasteiger partial charge on any atom is -0.462 e. The molecule has 0 unspecified atom stereocenters. The molecule has 0 radical (unpaired) electrons. The Hall–Kier alpha value is -1.88. The van der Waals surface area contributed by atoms with Crippen LogP contribution in [0.15, 0.2) is 24.3 Å². The molecule has 0 fully saturated rings. The van der Waals surface area contributed by atoms with Crippen LogP contribution in [0.3, 0.4) is 0 Å². The Balaban J connectivity index is 2.61. The lowest BCUT2D eigenvalue weighted by Crippen LogP contribution is -2.07. The third-order valence-corrected chi connectivity index (χ3v) is 2.17. The highest BCUT2D eigenvalue weighted by Crippen LogP contribution is 2.07. The zero-order chi connectivity index (χ0) is 12.7. The number of unbranched alkanes of at least 4 members (excludes halogenated alkanes) is 1. The van der Waals surface area contributed by atoms with Crippen LogP contribution in [0.25, 0.3) is 0 Å². The first-order valence-corrected chi connectivity index (χ1v) is 5.32. The van der Waals surface area contributed by atoms with Crippen LogP contribution in [0, 0.1) is 0 Å². The van der Waals surface area contributed by atoms with E-state index >= 15 is 0 Å². The van der Waals surface area contributed by atoms with Crippen molar-refractivity contribution in [3.05, 3.63) is 35.4 Å². The van der Waals surface area contributed by atoms with E-state index in [1.54, 1.807) is 0 Å². The Bertz CT molecular complexity index is 382. The van der Waals surface area contributed by atoms with E-state index in [0.29, 0.717) is 12.2 Å². The van der Waals surface area contributed by atoms with Gasteiger partial charge in [-0.05, 0) is 30.7 Å². The zero-order valence-corrected chi connectivity index (χ0v) is 9.51. The summed E-state index contributed by atoms with van der Waals surface area (Å²) in [5.41, 5.74) is 0.521. The Morgan fingerprint density at radius 3 is 2.12 bits per heavy atom. The van der Waals surface area contributed by atoms with Crippen molar-refractivity contribution in [3.8, 4) is 0 Å². The van der Waals surface area contributed by atoms with E-state index in [1.807, 2.05) is 6.92 Å². The molecule has 5 heteroatoms. The molecule has 0 aliphatic rings.